The van der Waals surface area contributed by atoms with Crippen LogP contribution in [0, 0.1) is 6.92 Å². The summed E-state index contributed by atoms with van der Waals surface area (Å²) in [6, 6.07) is 8.49. The molecule has 0 radical (unpaired) electrons. The predicted molar refractivity (Wildman–Crippen MR) is 91.1 cm³/mol. The van der Waals surface area contributed by atoms with Gasteiger partial charge in [-0.1, -0.05) is 12.1 Å². The van der Waals surface area contributed by atoms with Crippen LogP contribution in [0.1, 0.15) is 46.6 Å². The number of hydrogen-bond acceptors (Lipinski definition) is 2. The van der Waals surface area contributed by atoms with Crippen LogP contribution >= 0.6 is 0 Å². The third-order valence-corrected chi connectivity index (χ3v) is 5.07. The molecule has 0 aromatic heterocycles. The molecule has 0 amide bonds. The first-order chi connectivity index (χ1) is 11.9. The van der Waals surface area contributed by atoms with Gasteiger partial charge in [-0.3, -0.25) is 0 Å². The van der Waals surface area contributed by atoms with Crippen molar-refractivity contribution in [2.45, 2.75) is 44.9 Å². The lowest BCUT2D eigenvalue weighted by Crippen LogP contribution is -2.10. The fourth-order valence-electron chi connectivity index (χ4n) is 3.55. The molecule has 1 aliphatic heterocycles. The van der Waals surface area contributed by atoms with Crippen LogP contribution < -0.4 is 10.1 Å². The Morgan fingerprint density at radius 2 is 1.96 bits per heavy atom. The summed E-state index contributed by atoms with van der Waals surface area (Å²) in [5.41, 5.74) is 3.89. The lowest BCUT2D eigenvalue weighted by molar-refractivity contribution is -0.138. The van der Waals surface area contributed by atoms with Crippen molar-refractivity contribution in [1.29, 1.82) is 0 Å². The number of hydrogen-bond donors (Lipinski definition) is 1. The fraction of sp³-hybridized carbons (Fsp3) is 0.400. The third-order valence-electron chi connectivity index (χ3n) is 5.07. The van der Waals surface area contributed by atoms with Crippen LogP contribution in [0.25, 0.3) is 0 Å². The molecule has 25 heavy (non-hydrogen) atoms. The minimum absolute atomic E-state index is 0.0676. The number of fused-ring (bicyclic) bond motifs is 1. The van der Waals surface area contributed by atoms with Gasteiger partial charge in [-0.05, 0) is 72.6 Å². The van der Waals surface area contributed by atoms with Gasteiger partial charge in [0.15, 0.2) is 0 Å². The molecule has 1 heterocycles. The summed E-state index contributed by atoms with van der Waals surface area (Å²) < 4.78 is 45.9. The standard InChI is InChI=1S/C20H20F3NO/c1-12-15-8-9-24-18(15)6-7-19(12)25-11-13-2-5-16(14-3-4-14)17(10-13)20(21,22)23/h2,5-7,10,14,24H,3-4,8-9,11H2,1H3. The smallest absolute Gasteiger partial charge is 0.416 e. The molecule has 0 spiro atoms. The molecule has 1 N–H and O–H groups in total. The molecule has 0 saturated heterocycles. The van der Waals surface area contributed by atoms with Gasteiger partial charge in [-0.15, -0.1) is 0 Å². The summed E-state index contributed by atoms with van der Waals surface area (Å²) in [6.45, 7) is 3.05. The van der Waals surface area contributed by atoms with Crippen molar-refractivity contribution in [1.82, 2.24) is 0 Å². The second-order valence-electron chi connectivity index (χ2n) is 6.87. The Bertz CT molecular complexity index is 809. The Hall–Kier alpha value is -2.17. The minimum atomic E-state index is -4.32. The highest BCUT2D eigenvalue weighted by atomic mass is 19.4. The van der Waals surface area contributed by atoms with Crippen LogP contribution in [0.4, 0.5) is 18.9 Å². The summed E-state index contributed by atoms with van der Waals surface area (Å²) in [4.78, 5) is 0. The molecule has 1 fully saturated rings. The molecule has 2 aliphatic rings. The molecular weight excluding hydrogens is 327 g/mol. The van der Waals surface area contributed by atoms with Crippen molar-refractivity contribution in [3.8, 4) is 5.75 Å². The van der Waals surface area contributed by atoms with E-state index in [1.807, 2.05) is 19.1 Å². The maximum atomic E-state index is 13.3. The van der Waals surface area contributed by atoms with Gasteiger partial charge in [0.2, 0.25) is 0 Å². The van der Waals surface area contributed by atoms with Crippen LogP contribution in [0.3, 0.4) is 0 Å². The first-order valence-electron chi connectivity index (χ1n) is 8.62. The molecule has 0 unspecified atom stereocenters. The molecule has 5 heteroatoms. The van der Waals surface area contributed by atoms with Crippen molar-refractivity contribution < 1.29 is 17.9 Å². The van der Waals surface area contributed by atoms with Crippen LogP contribution in [0.15, 0.2) is 30.3 Å². The molecule has 0 bridgehead atoms. The third kappa shape index (κ3) is 3.20. The highest BCUT2D eigenvalue weighted by molar-refractivity contribution is 5.62. The molecule has 2 nitrogen and oxygen atoms in total. The van der Waals surface area contributed by atoms with E-state index in [0.717, 1.165) is 42.8 Å². The molecule has 2 aromatic carbocycles. The number of halogens is 3. The average molecular weight is 347 g/mol. The van der Waals surface area contributed by atoms with Crippen molar-refractivity contribution in [2.24, 2.45) is 0 Å². The zero-order valence-electron chi connectivity index (χ0n) is 14.0. The Morgan fingerprint density at radius 3 is 2.68 bits per heavy atom. The summed E-state index contributed by atoms with van der Waals surface area (Å²) in [5, 5.41) is 3.31. The van der Waals surface area contributed by atoms with E-state index in [0.29, 0.717) is 11.1 Å². The number of alkyl halides is 3. The van der Waals surface area contributed by atoms with Crippen LogP contribution in [0.5, 0.6) is 5.75 Å². The second kappa shape index (κ2) is 5.97. The number of nitrogens with one attached hydrogen (secondary N) is 1. The quantitative estimate of drug-likeness (QED) is 0.795. The fourth-order valence-corrected chi connectivity index (χ4v) is 3.55. The van der Waals surface area contributed by atoms with Gasteiger partial charge in [-0.2, -0.15) is 13.2 Å². The van der Waals surface area contributed by atoms with Crippen molar-refractivity contribution in [3.63, 3.8) is 0 Å². The second-order valence-corrected chi connectivity index (χ2v) is 6.87. The van der Waals surface area contributed by atoms with Crippen LogP contribution in [-0.4, -0.2) is 6.54 Å². The maximum Gasteiger partial charge on any atom is 0.416 e. The van der Waals surface area contributed by atoms with Crippen molar-refractivity contribution in [2.75, 3.05) is 11.9 Å². The lowest BCUT2D eigenvalue weighted by Gasteiger charge is -2.16. The molecular formula is C20H20F3NO. The van der Waals surface area contributed by atoms with E-state index in [2.05, 4.69) is 5.32 Å². The average Bonchev–Trinajstić information content (AvgIpc) is 3.30. The predicted octanol–water partition coefficient (Wildman–Crippen LogP) is 5.44. The summed E-state index contributed by atoms with van der Waals surface area (Å²) >= 11 is 0. The van der Waals surface area contributed by atoms with Gasteiger partial charge < -0.3 is 10.1 Å². The molecule has 0 atom stereocenters. The Balaban J connectivity index is 1.56. The number of benzene rings is 2. The van der Waals surface area contributed by atoms with E-state index in [1.165, 1.54) is 11.6 Å². The summed E-state index contributed by atoms with van der Waals surface area (Å²) in [6.07, 6.45) is -1.67. The van der Waals surface area contributed by atoms with Crippen molar-refractivity contribution >= 4 is 5.69 Å². The van der Waals surface area contributed by atoms with Gasteiger partial charge in [0.1, 0.15) is 12.4 Å². The van der Waals surface area contributed by atoms with Gasteiger partial charge in [0, 0.05) is 12.2 Å². The molecule has 132 valence electrons. The van der Waals surface area contributed by atoms with E-state index in [-0.39, 0.29) is 12.5 Å². The Kier molecular flexibility index (Phi) is 3.89. The van der Waals surface area contributed by atoms with Crippen molar-refractivity contribution in [3.05, 3.63) is 58.1 Å². The SMILES string of the molecule is Cc1c(OCc2ccc(C3CC3)c(C(F)(F)F)c2)ccc2c1CCN2. The zero-order chi connectivity index (χ0) is 17.6. The molecule has 2 aromatic rings. The maximum absolute atomic E-state index is 13.3. The van der Waals surface area contributed by atoms with E-state index >= 15 is 0 Å². The topological polar surface area (TPSA) is 21.3 Å². The Labute approximate surface area is 145 Å². The van der Waals surface area contributed by atoms with Gasteiger partial charge in [-0.25, -0.2) is 0 Å². The van der Waals surface area contributed by atoms with Gasteiger partial charge in [0.25, 0.3) is 0 Å². The van der Waals surface area contributed by atoms with Crippen LogP contribution in [0.2, 0.25) is 0 Å². The largest absolute Gasteiger partial charge is 0.489 e. The van der Waals surface area contributed by atoms with Gasteiger partial charge >= 0.3 is 6.18 Å². The zero-order valence-corrected chi connectivity index (χ0v) is 14.0. The molecule has 4 rings (SSSR count). The summed E-state index contributed by atoms with van der Waals surface area (Å²) in [7, 11) is 0. The first kappa shape index (κ1) is 16.3. The first-order valence-corrected chi connectivity index (χ1v) is 8.62. The van der Waals surface area contributed by atoms with E-state index in [9.17, 15) is 13.2 Å². The molecule has 1 saturated carbocycles. The normalized spacial score (nSPS) is 16.5. The van der Waals surface area contributed by atoms with Gasteiger partial charge in [0.05, 0.1) is 5.56 Å². The number of anilines is 1. The van der Waals surface area contributed by atoms with E-state index < -0.39 is 11.7 Å². The number of ether oxygens (including phenoxy) is 1. The monoisotopic (exact) mass is 347 g/mol. The highest BCUT2D eigenvalue weighted by Gasteiger charge is 2.38. The Morgan fingerprint density at radius 1 is 1.16 bits per heavy atom. The number of rotatable bonds is 4. The van der Waals surface area contributed by atoms with Crippen LogP contribution in [-0.2, 0) is 19.2 Å². The highest BCUT2D eigenvalue weighted by Crippen LogP contribution is 2.46. The van der Waals surface area contributed by atoms with E-state index in [1.54, 1.807) is 12.1 Å². The minimum Gasteiger partial charge on any atom is -0.489 e. The lowest BCUT2D eigenvalue weighted by atomic mass is 10.00. The van der Waals surface area contributed by atoms with E-state index in [4.69, 9.17) is 4.74 Å². The summed E-state index contributed by atoms with van der Waals surface area (Å²) in [5.74, 6) is 0.806. The molecule has 1 aliphatic carbocycles.